The molecular weight excluding hydrogens is 414 g/mol. The third kappa shape index (κ3) is 3.97. The fourth-order valence-electron chi connectivity index (χ4n) is 4.00. The van der Waals surface area contributed by atoms with Crippen molar-refractivity contribution in [3.05, 3.63) is 52.2 Å². The summed E-state index contributed by atoms with van der Waals surface area (Å²) in [6.45, 7) is 5.13. The molecular formula is C23H25N3O4S. The number of amides is 2. The smallest absolute Gasteiger partial charge is 0.276 e. The summed E-state index contributed by atoms with van der Waals surface area (Å²) in [6, 6.07) is 9.75. The highest BCUT2D eigenvalue weighted by atomic mass is 32.1. The molecule has 8 heteroatoms. The summed E-state index contributed by atoms with van der Waals surface area (Å²) in [5.41, 5.74) is 1.20. The SMILES string of the molecule is CC(C)NC(=O)c1sc2ccccc2c1[C@H]1CN(C(=O)c2cc(C3CC3)on2)CCO1. The van der Waals surface area contributed by atoms with E-state index >= 15 is 0 Å². The van der Waals surface area contributed by atoms with E-state index in [1.54, 1.807) is 11.0 Å². The zero-order valence-electron chi connectivity index (χ0n) is 17.6. The van der Waals surface area contributed by atoms with E-state index in [0.29, 0.717) is 36.2 Å². The van der Waals surface area contributed by atoms with Gasteiger partial charge in [0.15, 0.2) is 5.69 Å². The van der Waals surface area contributed by atoms with Gasteiger partial charge in [-0.05, 0) is 38.1 Å². The number of benzene rings is 1. The molecule has 0 unspecified atom stereocenters. The Morgan fingerprint density at radius 2 is 2.06 bits per heavy atom. The molecule has 2 amide bonds. The number of morpholine rings is 1. The normalized spacial score (nSPS) is 19.2. The van der Waals surface area contributed by atoms with Gasteiger partial charge >= 0.3 is 0 Å². The number of ether oxygens (including phenoxy) is 1. The Morgan fingerprint density at radius 1 is 1.26 bits per heavy atom. The Bertz CT molecular complexity index is 1130. The minimum Gasteiger partial charge on any atom is -0.370 e. The predicted molar refractivity (Wildman–Crippen MR) is 118 cm³/mol. The van der Waals surface area contributed by atoms with Crippen LogP contribution in [0, 0.1) is 0 Å². The van der Waals surface area contributed by atoms with Crippen molar-refractivity contribution in [2.75, 3.05) is 19.7 Å². The fraction of sp³-hybridized carbons (Fsp3) is 0.435. The van der Waals surface area contributed by atoms with Crippen LogP contribution in [0.25, 0.3) is 10.1 Å². The molecule has 1 saturated heterocycles. The second-order valence-corrected chi connectivity index (χ2v) is 9.52. The highest BCUT2D eigenvalue weighted by Gasteiger charge is 2.34. The highest BCUT2D eigenvalue weighted by molar-refractivity contribution is 7.21. The van der Waals surface area contributed by atoms with Gasteiger partial charge in [-0.2, -0.15) is 0 Å². The van der Waals surface area contributed by atoms with Crippen LogP contribution in [-0.2, 0) is 4.74 Å². The van der Waals surface area contributed by atoms with Crippen molar-refractivity contribution < 1.29 is 18.8 Å². The van der Waals surface area contributed by atoms with E-state index in [4.69, 9.17) is 9.26 Å². The average molecular weight is 440 g/mol. The van der Waals surface area contributed by atoms with Crippen molar-refractivity contribution in [2.45, 2.75) is 44.8 Å². The molecule has 2 fully saturated rings. The van der Waals surface area contributed by atoms with E-state index in [1.807, 2.05) is 38.1 Å². The quantitative estimate of drug-likeness (QED) is 0.646. The lowest BCUT2D eigenvalue weighted by Crippen LogP contribution is -2.42. The van der Waals surface area contributed by atoms with Gasteiger partial charge in [-0.25, -0.2) is 0 Å². The predicted octanol–water partition coefficient (Wildman–Crippen LogP) is 4.12. The Hall–Kier alpha value is -2.71. The molecule has 7 nitrogen and oxygen atoms in total. The molecule has 2 aromatic heterocycles. The summed E-state index contributed by atoms with van der Waals surface area (Å²) in [4.78, 5) is 28.4. The summed E-state index contributed by atoms with van der Waals surface area (Å²) >= 11 is 1.46. The number of carbonyl (C=O) groups is 2. The maximum Gasteiger partial charge on any atom is 0.276 e. The fourth-order valence-corrected chi connectivity index (χ4v) is 5.16. The molecule has 1 N–H and O–H groups in total. The standard InChI is InChI=1S/C23H25N3O4S/c1-13(2)24-22(27)21-20(15-5-3-4-6-19(15)31-21)18-12-26(9-10-29-18)23(28)16-11-17(30-25-16)14-7-8-14/h3-6,11,13-14,18H,7-10,12H2,1-2H3,(H,24,27)/t18-/m1/s1. The van der Waals surface area contributed by atoms with Gasteiger partial charge < -0.3 is 19.5 Å². The lowest BCUT2D eigenvalue weighted by Gasteiger charge is -2.33. The lowest BCUT2D eigenvalue weighted by molar-refractivity contribution is -0.0225. The molecule has 1 atom stereocenters. The second-order valence-electron chi connectivity index (χ2n) is 8.47. The third-order valence-electron chi connectivity index (χ3n) is 5.66. The molecule has 1 aliphatic heterocycles. The molecule has 0 spiro atoms. The van der Waals surface area contributed by atoms with Crippen LogP contribution in [0.5, 0.6) is 0 Å². The number of carbonyl (C=O) groups excluding carboxylic acids is 2. The molecule has 1 saturated carbocycles. The number of hydrogen-bond acceptors (Lipinski definition) is 6. The summed E-state index contributed by atoms with van der Waals surface area (Å²) < 4.78 is 12.5. The summed E-state index contributed by atoms with van der Waals surface area (Å²) in [5.74, 6) is 0.941. The van der Waals surface area contributed by atoms with Crippen LogP contribution in [0.3, 0.4) is 0 Å². The van der Waals surface area contributed by atoms with Crippen LogP contribution < -0.4 is 5.32 Å². The number of thiophene rings is 1. The lowest BCUT2D eigenvalue weighted by atomic mass is 10.0. The van der Waals surface area contributed by atoms with E-state index in [-0.39, 0.29) is 24.0 Å². The van der Waals surface area contributed by atoms with E-state index in [0.717, 1.165) is 34.3 Å². The molecule has 31 heavy (non-hydrogen) atoms. The minimum absolute atomic E-state index is 0.0312. The van der Waals surface area contributed by atoms with Crippen molar-refractivity contribution in [2.24, 2.45) is 0 Å². The first kappa shape index (κ1) is 20.2. The Morgan fingerprint density at radius 3 is 2.84 bits per heavy atom. The van der Waals surface area contributed by atoms with Crippen molar-refractivity contribution in [3.63, 3.8) is 0 Å². The van der Waals surface area contributed by atoms with E-state index < -0.39 is 0 Å². The molecule has 0 radical (unpaired) electrons. The van der Waals surface area contributed by atoms with Crippen LogP contribution in [0.4, 0.5) is 0 Å². The van der Waals surface area contributed by atoms with Crippen LogP contribution in [0.2, 0.25) is 0 Å². The van der Waals surface area contributed by atoms with E-state index in [1.165, 1.54) is 11.3 Å². The zero-order valence-corrected chi connectivity index (χ0v) is 18.4. The minimum atomic E-state index is -0.378. The van der Waals surface area contributed by atoms with Gasteiger partial charge in [-0.3, -0.25) is 9.59 Å². The molecule has 162 valence electrons. The van der Waals surface area contributed by atoms with Crippen molar-refractivity contribution >= 4 is 33.2 Å². The topological polar surface area (TPSA) is 84.7 Å². The van der Waals surface area contributed by atoms with Crippen molar-refractivity contribution in [1.82, 2.24) is 15.4 Å². The van der Waals surface area contributed by atoms with Gasteiger partial charge in [0.1, 0.15) is 11.9 Å². The maximum absolute atomic E-state index is 13.1. The largest absolute Gasteiger partial charge is 0.370 e. The molecule has 1 aromatic carbocycles. The van der Waals surface area contributed by atoms with Gasteiger partial charge in [0.2, 0.25) is 0 Å². The molecule has 2 aliphatic rings. The average Bonchev–Trinajstić information content (AvgIpc) is 3.36. The third-order valence-corrected chi connectivity index (χ3v) is 6.85. The van der Waals surface area contributed by atoms with E-state index in [2.05, 4.69) is 10.5 Å². The summed E-state index contributed by atoms with van der Waals surface area (Å²) in [7, 11) is 0. The number of nitrogens with zero attached hydrogens (tertiary/aromatic N) is 2. The number of rotatable bonds is 5. The first-order valence-electron chi connectivity index (χ1n) is 10.7. The highest BCUT2D eigenvalue weighted by Crippen LogP contribution is 2.41. The number of fused-ring (bicyclic) bond motifs is 1. The Balaban J connectivity index is 1.44. The molecule has 1 aliphatic carbocycles. The van der Waals surface area contributed by atoms with Gasteiger partial charge in [-0.1, -0.05) is 23.4 Å². The van der Waals surface area contributed by atoms with Crippen LogP contribution in [0.15, 0.2) is 34.9 Å². The molecule has 3 aromatic rings. The first-order valence-corrected chi connectivity index (χ1v) is 11.5. The summed E-state index contributed by atoms with van der Waals surface area (Å²) in [5, 5.41) is 7.99. The molecule has 0 bridgehead atoms. The number of nitrogens with one attached hydrogen (secondary N) is 1. The van der Waals surface area contributed by atoms with Crippen LogP contribution in [-0.4, -0.2) is 47.6 Å². The monoisotopic (exact) mass is 439 g/mol. The van der Waals surface area contributed by atoms with Crippen molar-refractivity contribution in [1.29, 1.82) is 0 Å². The molecule has 3 heterocycles. The number of aromatic nitrogens is 1. The summed E-state index contributed by atoms with van der Waals surface area (Å²) in [6.07, 6.45) is 1.81. The van der Waals surface area contributed by atoms with Crippen LogP contribution >= 0.6 is 11.3 Å². The maximum atomic E-state index is 13.1. The van der Waals surface area contributed by atoms with Gasteiger partial charge in [0.05, 0.1) is 18.0 Å². The first-order chi connectivity index (χ1) is 15.0. The Labute approximate surface area is 184 Å². The van der Waals surface area contributed by atoms with E-state index in [9.17, 15) is 9.59 Å². The molecule has 5 rings (SSSR count). The van der Waals surface area contributed by atoms with Crippen molar-refractivity contribution in [3.8, 4) is 0 Å². The van der Waals surface area contributed by atoms with Gasteiger partial charge in [0, 0.05) is 34.8 Å². The van der Waals surface area contributed by atoms with Crippen LogP contribution in [0.1, 0.15) is 70.2 Å². The second kappa shape index (κ2) is 8.09. The van der Waals surface area contributed by atoms with Gasteiger partial charge in [0.25, 0.3) is 11.8 Å². The van der Waals surface area contributed by atoms with Gasteiger partial charge in [-0.15, -0.1) is 11.3 Å². The number of hydrogen-bond donors (Lipinski definition) is 1. The zero-order chi connectivity index (χ0) is 21.5. The Kier molecular flexibility index (Phi) is 5.27.